The van der Waals surface area contributed by atoms with Crippen LogP contribution in [0.1, 0.15) is 44.9 Å². The van der Waals surface area contributed by atoms with Crippen LogP contribution in [0.2, 0.25) is 0 Å². The number of thiophene rings is 1. The number of hydrogen-bond donors (Lipinski definition) is 1. The minimum atomic E-state index is 0.566. The molecule has 0 aliphatic carbocycles. The fourth-order valence-corrected chi connectivity index (χ4v) is 6.44. The van der Waals surface area contributed by atoms with Crippen LogP contribution in [0.15, 0.2) is 11.4 Å². The fraction of sp³-hybridized carbons (Fsp3) is 0.704. The van der Waals surface area contributed by atoms with Gasteiger partial charge >= 0.3 is 0 Å². The molecule has 3 aromatic heterocycles. The van der Waals surface area contributed by atoms with Crippen LogP contribution in [-0.4, -0.2) is 101 Å². The molecule has 9 heteroatoms. The average molecular weight is 514 g/mol. The van der Waals surface area contributed by atoms with Gasteiger partial charge in [-0.25, -0.2) is 9.97 Å². The van der Waals surface area contributed by atoms with Crippen molar-refractivity contribution in [2.24, 2.45) is 0 Å². The summed E-state index contributed by atoms with van der Waals surface area (Å²) in [6.45, 7) is 15.7. The topological polar surface area (TPSA) is 75.7 Å². The van der Waals surface area contributed by atoms with Crippen molar-refractivity contribution >= 4 is 38.4 Å². The molecular weight excluding hydrogens is 470 g/mol. The second-order valence-corrected chi connectivity index (χ2v) is 11.2. The van der Waals surface area contributed by atoms with Crippen molar-refractivity contribution in [2.75, 3.05) is 77.9 Å². The van der Waals surface area contributed by atoms with Crippen molar-refractivity contribution in [3.8, 4) is 0 Å². The zero-order valence-electron chi connectivity index (χ0n) is 22.0. The van der Waals surface area contributed by atoms with Crippen LogP contribution < -0.4 is 5.73 Å². The zero-order chi connectivity index (χ0) is 24.7. The standard InChI is InChI=1S/C27H43N7OS/c1-2-3-7-23-30-24-25(26-22(8-21-36-26)29-27(24)28)34(23)10-6-4-5-9-31-11-13-32(14-12-31)15-16-33-17-19-35-20-18-33/h8,21H,2-7,9-20H2,1H3,(H2,28,29). The van der Waals surface area contributed by atoms with Gasteiger partial charge in [0.1, 0.15) is 11.3 Å². The van der Waals surface area contributed by atoms with Gasteiger partial charge in [0, 0.05) is 65.3 Å². The first kappa shape index (κ1) is 25.9. The molecule has 0 radical (unpaired) electrons. The highest BCUT2D eigenvalue weighted by Gasteiger charge is 2.19. The van der Waals surface area contributed by atoms with Gasteiger partial charge in [-0.15, -0.1) is 11.3 Å². The predicted molar refractivity (Wildman–Crippen MR) is 150 cm³/mol. The number of rotatable bonds is 12. The lowest BCUT2D eigenvalue weighted by atomic mass is 10.2. The predicted octanol–water partition coefficient (Wildman–Crippen LogP) is 3.69. The third-order valence-corrected chi connectivity index (χ3v) is 8.71. The van der Waals surface area contributed by atoms with Gasteiger partial charge in [0.25, 0.3) is 0 Å². The number of pyridine rings is 1. The van der Waals surface area contributed by atoms with E-state index in [-0.39, 0.29) is 0 Å². The number of nitrogen functional groups attached to an aromatic ring is 1. The van der Waals surface area contributed by atoms with Gasteiger partial charge in [-0.1, -0.05) is 19.8 Å². The van der Waals surface area contributed by atoms with Crippen molar-refractivity contribution in [3.63, 3.8) is 0 Å². The number of hydrogen-bond acceptors (Lipinski definition) is 8. The van der Waals surface area contributed by atoms with Crippen LogP contribution in [0, 0.1) is 0 Å². The van der Waals surface area contributed by atoms with E-state index in [0.29, 0.717) is 5.82 Å². The first-order valence-corrected chi connectivity index (χ1v) is 14.9. The SMILES string of the molecule is CCCCc1nc2c(N)nc3ccsc3c2n1CCCCCN1CCN(CCN2CCOCC2)CC1. The van der Waals surface area contributed by atoms with Gasteiger partial charge in [-0.05, 0) is 37.3 Å². The zero-order valence-corrected chi connectivity index (χ0v) is 22.8. The van der Waals surface area contributed by atoms with Crippen molar-refractivity contribution in [1.82, 2.24) is 29.2 Å². The molecule has 2 saturated heterocycles. The molecule has 5 heterocycles. The van der Waals surface area contributed by atoms with Crippen LogP contribution in [0.3, 0.4) is 0 Å². The molecular formula is C27H43N7OS. The summed E-state index contributed by atoms with van der Waals surface area (Å²) in [5.41, 5.74) is 9.41. The molecule has 198 valence electrons. The second-order valence-electron chi connectivity index (χ2n) is 10.3. The lowest BCUT2D eigenvalue weighted by molar-refractivity contribution is 0.0299. The minimum Gasteiger partial charge on any atom is -0.382 e. The van der Waals surface area contributed by atoms with E-state index in [4.69, 9.17) is 15.5 Å². The third-order valence-electron chi connectivity index (χ3n) is 7.80. The van der Waals surface area contributed by atoms with Gasteiger partial charge in [0.2, 0.25) is 0 Å². The summed E-state index contributed by atoms with van der Waals surface area (Å²) in [6.07, 6.45) is 7.03. The number of piperazine rings is 1. The fourth-order valence-electron chi connectivity index (χ4n) is 5.55. The Labute approximate surface area is 219 Å². The number of anilines is 1. The highest BCUT2D eigenvalue weighted by atomic mass is 32.1. The molecule has 0 bridgehead atoms. The quantitative estimate of drug-likeness (QED) is 0.370. The maximum Gasteiger partial charge on any atom is 0.152 e. The van der Waals surface area contributed by atoms with Crippen molar-refractivity contribution in [2.45, 2.75) is 52.0 Å². The Morgan fingerprint density at radius 1 is 0.861 bits per heavy atom. The number of nitrogens with zero attached hydrogens (tertiary/aromatic N) is 6. The Kier molecular flexibility index (Phi) is 9.08. The molecule has 2 N–H and O–H groups in total. The second kappa shape index (κ2) is 12.6. The molecule has 0 saturated carbocycles. The molecule has 0 spiro atoms. The third kappa shape index (κ3) is 6.19. The van der Waals surface area contributed by atoms with Gasteiger partial charge in [-0.2, -0.15) is 0 Å². The smallest absolute Gasteiger partial charge is 0.152 e. The van der Waals surface area contributed by atoms with Crippen LogP contribution in [-0.2, 0) is 17.7 Å². The Morgan fingerprint density at radius 3 is 2.31 bits per heavy atom. The monoisotopic (exact) mass is 513 g/mol. The summed E-state index contributed by atoms with van der Waals surface area (Å²) < 4.78 is 9.14. The number of morpholine rings is 1. The van der Waals surface area contributed by atoms with E-state index in [9.17, 15) is 0 Å². The maximum atomic E-state index is 6.32. The van der Waals surface area contributed by atoms with E-state index in [1.165, 1.54) is 87.5 Å². The van der Waals surface area contributed by atoms with Crippen molar-refractivity contribution in [3.05, 3.63) is 17.3 Å². The van der Waals surface area contributed by atoms with Gasteiger partial charge in [0.05, 0.1) is 28.9 Å². The highest BCUT2D eigenvalue weighted by Crippen LogP contribution is 2.33. The number of ether oxygens (including phenoxy) is 1. The molecule has 2 fully saturated rings. The highest BCUT2D eigenvalue weighted by molar-refractivity contribution is 7.18. The molecule has 3 aromatic rings. The van der Waals surface area contributed by atoms with E-state index in [2.05, 4.69) is 42.6 Å². The Morgan fingerprint density at radius 2 is 1.56 bits per heavy atom. The molecule has 0 amide bonds. The van der Waals surface area contributed by atoms with Crippen molar-refractivity contribution < 1.29 is 4.74 Å². The normalized spacial score (nSPS) is 18.6. The van der Waals surface area contributed by atoms with E-state index in [1.54, 1.807) is 11.3 Å². The summed E-state index contributed by atoms with van der Waals surface area (Å²) in [4.78, 5) is 17.4. The van der Waals surface area contributed by atoms with E-state index >= 15 is 0 Å². The molecule has 2 aliphatic rings. The molecule has 2 aliphatic heterocycles. The van der Waals surface area contributed by atoms with E-state index < -0.39 is 0 Å². The number of aromatic nitrogens is 3. The molecule has 0 atom stereocenters. The Hall–Kier alpha value is -1.78. The van der Waals surface area contributed by atoms with Crippen LogP contribution in [0.25, 0.3) is 21.3 Å². The van der Waals surface area contributed by atoms with E-state index in [1.807, 2.05) is 0 Å². The van der Waals surface area contributed by atoms with Gasteiger partial charge in [0.15, 0.2) is 5.82 Å². The van der Waals surface area contributed by atoms with Crippen molar-refractivity contribution in [1.29, 1.82) is 0 Å². The van der Waals surface area contributed by atoms with Crippen LogP contribution >= 0.6 is 11.3 Å². The molecule has 8 nitrogen and oxygen atoms in total. The maximum absolute atomic E-state index is 6.32. The summed E-state index contributed by atoms with van der Waals surface area (Å²) in [7, 11) is 0. The minimum absolute atomic E-state index is 0.566. The largest absolute Gasteiger partial charge is 0.382 e. The summed E-state index contributed by atoms with van der Waals surface area (Å²) >= 11 is 1.75. The van der Waals surface area contributed by atoms with Crippen LogP contribution in [0.5, 0.6) is 0 Å². The van der Waals surface area contributed by atoms with Gasteiger partial charge in [-0.3, -0.25) is 9.80 Å². The number of aryl methyl sites for hydroxylation is 2. The molecule has 36 heavy (non-hydrogen) atoms. The number of fused-ring (bicyclic) bond motifs is 3. The Balaban J connectivity index is 1.08. The summed E-state index contributed by atoms with van der Waals surface area (Å²) in [5.74, 6) is 1.74. The molecule has 0 unspecified atom stereocenters. The lowest BCUT2D eigenvalue weighted by Crippen LogP contribution is -2.49. The first-order chi connectivity index (χ1) is 17.7. The number of imidazole rings is 1. The summed E-state index contributed by atoms with van der Waals surface area (Å²) in [6, 6.07) is 2.07. The molecule has 0 aromatic carbocycles. The molecule has 5 rings (SSSR count). The lowest BCUT2D eigenvalue weighted by Gasteiger charge is -2.36. The summed E-state index contributed by atoms with van der Waals surface area (Å²) in [5, 5.41) is 2.11. The Bertz CT molecular complexity index is 1100. The first-order valence-electron chi connectivity index (χ1n) is 14.0. The van der Waals surface area contributed by atoms with Crippen LogP contribution in [0.4, 0.5) is 5.82 Å². The van der Waals surface area contributed by atoms with Gasteiger partial charge < -0.3 is 19.9 Å². The number of nitrogens with two attached hydrogens (primary N) is 1. The number of unbranched alkanes of at least 4 members (excludes halogenated alkanes) is 3. The average Bonchev–Trinajstić information content (AvgIpc) is 3.52. The van der Waals surface area contributed by atoms with E-state index in [0.717, 1.165) is 56.7 Å².